The minimum Gasteiger partial charge on any atom is -0.263 e. The molecule has 0 aliphatic heterocycles. The molecule has 1 aromatic carbocycles. The minimum atomic E-state index is -0.405. The number of nitrogens with zero attached hydrogens (tertiary/aromatic N) is 2. The van der Waals surface area contributed by atoms with Crippen LogP contribution in [0.25, 0.3) is 12.2 Å². The van der Waals surface area contributed by atoms with Crippen molar-refractivity contribution in [3.05, 3.63) is 68.4 Å². The first-order valence-electron chi connectivity index (χ1n) is 5.18. The van der Waals surface area contributed by atoms with Gasteiger partial charge in [0.2, 0.25) is 0 Å². The molecule has 0 aliphatic rings. The maximum Gasteiger partial charge on any atom is 0.270 e. The molecule has 0 unspecified atom stereocenters. The summed E-state index contributed by atoms with van der Waals surface area (Å²) in [6.07, 6.45) is 7.09. The van der Waals surface area contributed by atoms with Gasteiger partial charge in [0.1, 0.15) is 0 Å². The Balaban J connectivity index is 2.23. The second kappa shape index (κ2) is 5.55. The average molecular weight is 305 g/mol. The van der Waals surface area contributed by atoms with Crippen molar-refractivity contribution in [3.8, 4) is 0 Å². The summed E-state index contributed by atoms with van der Waals surface area (Å²) in [4.78, 5) is 14.3. The molecule has 0 fully saturated rings. The lowest BCUT2D eigenvalue weighted by atomic mass is 10.1. The van der Waals surface area contributed by atoms with Gasteiger partial charge in [0, 0.05) is 29.0 Å². The summed E-state index contributed by atoms with van der Waals surface area (Å²) < 4.78 is 0.892. The van der Waals surface area contributed by atoms with Crippen LogP contribution in [0.1, 0.15) is 11.1 Å². The number of halogens is 1. The third-order valence-corrected chi connectivity index (χ3v) is 2.71. The van der Waals surface area contributed by atoms with Crippen LogP contribution >= 0.6 is 15.9 Å². The van der Waals surface area contributed by atoms with Crippen molar-refractivity contribution in [2.75, 3.05) is 0 Å². The quantitative estimate of drug-likeness (QED) is 0.638. The number of nitro groups is 1. The molecule has 0 bridgehead atoms. The van der Waals surface area contributed by atoms with E-state index in [0.717, 1.165) is 15.6 Å². The second-order valence-corrected chi connectivity index (χ2v) is 4.54. The maximum atomic E-state index is 10.6. The first-order valence-corrected chi connectivity index (χ1v) is 5.97. The van der Waals surface area contributed by atoms with Crippen LogP contribution in [-0.2, 0) is 0 Å². The molecule has 0 radical (unpaired) electrons. The van der Waals surface area contributed by atoms with E-state index in [1.165, 1.54) is 12.1 Å². The normalized spacial score (nSPS) is 10.7. The Labute approximate surface area is 112 Å². The molecule has 0 amide bonds. The minimum absolute atomic E-state index is 0.0875. The number of hydrogen-bond donors (Lipinski definition) is 0. The van der Waals surface area contributed by atoms with E-state index in [1.54, 1.807) is 18.5 Å². The number of rotatable bonds is 3. The maximum absolute atomic E-state index is 10.6. The van der Waals surface area contributed by atoms with Crippen LogP contribution in [-0.4, -0.2) is 9.91 Å². The summed E-state index contributed by atoms with van der Waals surface area (Å²) in [6, 6.07) is 8.40. The van der Waals surface area contributed by atoms with Gasteiger partial charge >= 0.3 is 0 Å². The van der Waals surface area contributed by atoms with Crippen LogP contribution in [0, 0.1) is 10.1 Å². The monoisotopic (exact) mass is 304 g/mol. The molecule has 0 atom stereocenters. The lowest BCUT2D eigenvalue weighted by Crippen LogP contribution is -1.87. The van der Waals surface area contributed by atoms with Gasteiger partial charge in [0.15, 0.2) is 0 Å². The Hall–Kier alpha value is -2.01. The lowest BCUT2D eigenvalue weighted by Gasteiger charge is -1.96. The van der Waals surface area contributed by atoms with Gasteiger partial charge in [-0.2, -0.15) is 0 Å². The van der Waals surface area contributed by atoms with E-state index in [-0.39, 0.29) is 5.69 Å². The van der Waals surface area contributed by atoms with Gasteiger partial charge < -0.3 is 0 Å². The van der Waals surface area contributed by atoms with E-state index in [9.17, 15) is 10.1 Å². The van der Waals surface area contributed by atoms with Crippen LogP contribution in [0.5, 0.6) is 0 Å². The fraction of sp³-hybridized carbons (Fsp3) is 0. The van der Waals surface area contributed by atoms with Gasteiger partial charge in [-0.15, -0.1) is 0 Å². The third-order valence-electron chi connectivity index (χ3n) is 2.28. The summed E-state index contributed by atoms with van der Waals surface area (Å²) in [5.41, 5.74) is 1.80. The van der Waals surface area contributed by atoms with E-state index in [1.807, 2.05) is 24.3 Å². The van der Waals surface area contributed by atoms with Crippen LogP contribution in [0.3, 0.4) is 0 Å². The number of aromatic nitrogens is 1. The molecule has 0 N–H and O–H groups in total. The molecule has 18 heavy (non-hydrogen) atoms. The fourth-order valence-electron chi connectivity index (χ4n) is 1.45. The van der Waals surface area contributed by atoms with Crippen molar-refractivity contribution in [1.29, 1.82) is 0 Å². The van der Waals surface area contributed by atoms with Crippen molar-refractivity contribution >= 4 is 33.8 Å². The summed E-state index contributed by atoms with van der Waals surface area (Å²) in [5, 5.41) is 10.6. The summed E-state index contributed by atoms with van der Waals surface area (Å²) in [6.45, 7) is 0. The molecule has 0 spiro atoms. The summed E-state index contributed by atoms with van der Waals surface area (Å²) in [7, 11) is 0. The molecule has 0 aliphatic carbocycles. The molecule has 1 aromatic heterocycles. The predicted molar refractivity (Wildman–Crippen MR) is 74.0 cm³/mol. The highest BCUT2D eigenvalue weighted by Crippen LogP contribution is 2.16. The first-order chi connectivity index (χ1) is 8.65. The Morgan fingerprint density at radius 3 is 2.67 bits per heavy atom. The number of hydrogen-bond acceptors (Lipinski definition) is 3. The van der Waals surface area contributed by atoms with Gasteiger partial charge in [-0.3, -0.25) is 15.1 Å². The van der Waals surface area contributed by atoms with Gasteiger partial charge in [0.25, 0.3) is 5.69 Å². The molecule has 2 rings (SSSR count). The highest BCUT2D eigenvalue weighted by Gasteiger charge is 2.03. The Morgan fingerprint density at radius 1 is 1.17 bits per heavy atom. The lowest BCUT2D eigenvalue weighted by molar-refractivity contribution is -0.384. The number of pyridine rings is 1. The van der Waals surface area contributed by atoms with Gasteiger partial charge in [-0.25, -0.2) is 0 Å². The number of benzene rings is 1. The zero-order valence-corrected chi connectivity index (χ0v) is 10.9. The Bertz CT molecular complexity index is 611. The highest BCUT2D eigenvalue weighted by atomic mass is 79.9. The van der Waals surface area contributed by atoms with E-state index in [4.69, 9.17) is 0 Å². The topological polar surface area (TPSA) is 56.0 Å². The second-order valence-electron chi connectivity index (χ2n) is 3.62. The molecule has 0 saturated heterocycles. The number of non-ortho nitro benzene ring substituents is 1. The van der Waals surface area contributed by atoms with E-state index in [2.05, 4.69) is 20.9 Å². The zero-order chi connectivity index (χ0) is 13.0. The van der Waals surface area contributed by atoms with Crippen molar-refractivity contribution in [1.82, 2.24) is 4.98 Å². The van der Waals surface area contributed by atoms with E-state index < -0.39 is 4.92 Å². The molecule has 0 saturated carbocycles. The van der Waals surface area contributed by atoms with Crippen LogP contribution in [0.4, 0.5) is 5.69 Å². The summed E-state index contributed by atoms with van der Waals surface area (Å²) >= 11 is 3.33. The number of nitro benzene ring substituents is 1. The standard InChI is InChI=1S/C13H9BrN2O2/c14-12-6-11(8-15-9-12)5-4-10-2-1-3-13(7-10)16(17)18/h1-9H. The summed E-state index contributed by atoms with van der Waals surface area (Å²) in [5.74, 6) is 0. The Kier molecular flexibility index (Phi) is 3.84. The van der Waals surface area contributed by atoms with E-state index in [0.29, 0.717) is 0 Å². The fourth-order valence-corrected chi connectivity index (χ4v) is 1.84. The molecule has 90 valence electrons. The highest BCUT2D eigenvalue weighted by molar-refractivity contribution is 9.10. The van der Waals surface area contributed by atoms with Crippen LogP contribution in [0.15, 0.2) is 47.2 Å². The molecular formula is C13H9BrN2O2. The molecule has 4 nitrogen and oxygen atoms in total. The van der Waals surface area contributed by atoms with Crippen molar-refractivity contribution in [3.63, 3.8) is 0 Å². The molecule has 2 aromatic rings. The predicted octanol–water partition coefficient (Wildman–Crippen LogP) is 3.92. The molecule has 5 heteroatoms. The van der Waals surface area contributed by atoms with Gasteiger partial charge in [-0.1, -0.05) is 24.3 Å². The molecule has 1 heterocycles. The zero-order valence-electron chi connectivity index (χ0n) is 9.29. The van der Waals surface area contributed by atoms with Crippen molar-refractivity contribution in [2.24, 2.45) is 0 Å². The van der Waals surface area contributed by atoms with E-state index >= 15 is 0 Å². The van der Waals surface area contributed by atoms with Crippen LogP contribution < -0.4 is 0 Å². The van der Waals surface area contributed by atoms with Crippen molar-refractivity contribution in [2.45, 2.75) is 0 Å². The van der Waals surface area contributed by atoms with Gasteiger partial charge in [-0.05, 0) is 33.1 Å². The smallest absolute Gasteiger partial charge is 0.263 e. The largest absolute Gasteiger partial charge is 0.270 e. The average Bonchev–Trinajstić information content (AvgIpc) is 2.37. The van der Waals surface area contributed by atoms with Crippen LogP contribution in [0.2, 0.25) is 0 Å². The SMILES string of the molecule is O=[N+]([O-])c1cccc(C=Cc2cncc(Br)c2)c1. The van der Waals surface area contributed by atoms with Crippen molar-refractivity contribution < 1.29 is 4.92 Å². The first kappa shape index (κ1) is 12.4. The van der Waals surface area contributed by atoms with Gasteiger partial charge in [0.05, 0.1) is 4.92 Å². The Morgan fingerprint density at radius 2 is 1.94 bits per heavy atom. The third kappa shape index (κ3) is 3.24. The molecular weight excluding hydrogens is 296 g/mol.